The molecule has 0 heterocycles. The van der Waals surface area contributed by atoms with E-state index in [-0.39, 0.29) is 13.0 Å². The van der Waals surface area contributed by atoms with Crippen molar-refractivity contribution in [1.29, 1.82) is 5.26 Å². The van der Waals surface area contributed by atoms with E-state index in [9.17, 15) is 9.90 Å². The number of carboxylic acids is 1. The van der Waals surface area contributed by atoms with Crippen molar-refractivity contribution in [3.63, 3.8) is 0 Å². The van der Waals surface area contributed by atoms with Gasteiger partial charge in [0, 0.05) is 12.2 Å². The molecule has 0 saturated heterocycles. The topological polar surface area (TPSA) is 93.4 Å². The molecule has 1 rings (SSSR count). The van der Waals surface area contributed by atoms with Crippen LogP contribution in [0.15, 0.2) is 18.2 Å². The number of aliphatic hydroxyl groups excluding tert-OH is 1. The maximum Gasteiger partial charge on any atom is 0.306 e. The van der Waals surface area contributed by atoms with E-state index >= 15 is 0 Å². The Morgan fingerprint density at radius 1 is 1.59 bits per heavy atom. The number of carbonyl (C=O) groups is 1. The number of rotatable bonds is 5. The summed E-state index contributed by atoms with van der Waals surface area (Å²) in [4.78, 5) is 10.3. The molecule has 90 valence electrons. The quantitative estimate of drug-likeness (QED) is 0.740. The smallest absolute Gasteiger partial charge is 0.306 e. The molecule has 1 aromatic rings. The summed E-state index contributed by atoms with van der Waals surface area (Å²) in [6.45, 7) is 0.106. The molecule has 6 heteroatoms. The summed E-state index contributed by atoms with van der Waals surface area (Å²) in [7, 11) is 0. The monoisotopic (exact) mass is 254 g/mol. The Morgan fingerprint density at radius 3 is 2.82 bits per heavy atom. The number of aliphatic hydroxyl groups is 1. The number of anilines is 1. The van der Waals surface area contributed by atoms with Crippen molar-refractivity contribution in [1.82, 2.24) is 0 Å². The van der Waals surface area contributed by atoms with Gasteiger partial charge in [-0.1, -0.05) is 11.6 Å². The standard InChI is InChI=1S/C11H11ClN2O3/c12-10-3-8(2-1-7(10)5-13)14-6-9(15)4-11(16)17/h1-3,9,14-15H,4,6H2,(H,16,17). The fourth-order valence-electron chi connectivity index (χ4n) is 1.23. The molecule has 17 heavy (non-hydrogen) atoms. The van der Waals surface area contributed by atoms with Gasteiger partial charge in [0.2, 0.25) is 0 Å². The minimum absolute atomic E-state index is 0.106. The van der Waals surface area contributed by atoms with E-state index in [1.165, 1.54) is 0 Å². The second-order valence-corrected chi connectivity index (χ2v) is 3.85. The van der Waals surface area contributed by atoms with E-state index < -0.39 is 12.1 Å². The molecule has 5 nitrogen and oxygen atoms in total. The summed E-state index contributed by atoms with van der Waals surface area (Å²) < 4.78 is 0. The summed E-state index contributed by atoms with van der Waals surface area (Å²) in [6, 6.07) is 6.66. The van der Waals surface area contributed by atoms with Crippen LogP contribution in [0.2, 0.25) is 5.02 Å². The zero-order chi connectivity index (χ0) is 12.8. The van der Waals surface area contributed by atoms with E-state index in [1.54, 1.807) is 18.2 Å². The van der Waals surface area contributed by atoms with E-state index in [0.29, 0.717) is 16.3 Å². The highest BCUT2D eigenvalue weighted by atomic mass is 35.5. The van der Waals surface area contributed by atoms with E-state index in [4.69, 9.17) is 22.0 Å². The third kappa shape index (κ3) is 4.31. The number of carboxylic acid groups (broad SMARTS) is 1. The Kier molecular flexibility index (Phi) is 4.76. The first-order valence-electron chi connectivity index (χ1n) is 4.86. The Hall–Kier alpha value is -1.77. The number of hydrogen-bond acceptors (Lipinski definition) is 4. The van der Waals surface area contributed by atoms with Crippen molar-refractivity contribution in [2.24, 2.45) is 0 Å². The minimum Gasteiger partial charge on any atom is -0.481 e. The maximum absolute atomic E-state index is 10.3. The number of halogens is 1. The van der Waals surface area contributed by atoms with Gasteiger partial charge in [0.15, 0.2) is 0 Å². The van der Waals surface area contributed by atoms with Gasteiger partial charge in [-0.15, -0.1) is 0 Å². The second-order valence-electron chi connectivity index (χ2n) is 3.44. The Labute approximate surface area is 103 Å². The van der Waals surface area contributed by atoms with Crippen LogP contribution in [-0.2, 0) is 4.79 Å². The van der Waals surface area contributed by atoms with Crippen LogP contribution >= 0.6 is 11.6 Å². The van der Waals surface area contributed by atoms with Gasteiger partial charge < -0.3 is 15.5 Å². The molecule has 0 aliphatic carbocycles. The maximum atomic E-state index is 10.3. The Bertz CT molecular complexity index is 457. The lowest BCUT2D eigenvalue weighted by Gasteiger charge is -2.11. The van der Waals surface area contributed by atoms with E-state index in [2.05, 4.69) is 5.32 Å². The minimum atomic E-state index is -1.06. The molecule has 0 bridgehead atoms. The molecular formula is C11H11ClN2O3. The predicted octanol–water partition coefficient (Wildman–Crippen LogP) is 1.46. The number of nitriles is 1. The molecule has 1 aromatic carbocycles. The largest absolute Gasteiger partial charge is 0.481 e. The molecule has 1 atom stereocenters. The molecular weight excluding hydrogens is 244 g/mol. The lowest BCUT2D eigenvalue weighted by atomic mass is 10.2. The van der Waals surface area contributed by atoms with Crippen molar-refractivity contribution >= 4 is 23.3 Å². The molecule has 0 spiro atoms. The van der Waals surface area contributed by atoms with Crippen molar-refractivity contribution < 1.29 is 15.0 Å². The van der Waals surface area contributed by atoms with Crippen LogP contribution in [0.4, 0.5) is 5.69 Å². The third-order valence-corrected chi connectivity index (χ3v) is 2.35. The second kappa shape index (κ2) is 6.09. The molecule has 0 saturated carbocycles. The number of hydrogen-bond donors (Lipinski definition) is 3. The van der Waals surface area contributed by atoms with Gasteiger partial charge >= 0.3 is 5.97 Å². The summed E-state index contributed by atoms with van der Waals surface area (Å²) in [5.74, 6) is -1.06. The molecule has 0 radical (unpaired) electrons. The highest BCUT2D eigenvalue weighted by Gasteiger charge is 2.09. The van der Waals surface area contributed by atoms with Gasteiger partial charge in [-0.3, -0.25) is 4.79 Å². The highest BCUT2D eigenvalue weighted by molar-refractivity contribution is 6.32. The van der Waals surface area contributed by atoms with Gasteiger partial charge in [0.05, 0.1) is 23.1 Å². The van der Waals surface area contributed by atoms with Crippen molar-refractivity contribution in [3.8, 4) is 6.07 Å². The summed E-state index contributed by atoms with van der Waals surface area (Å²) in [6.07, 6.45) is -1.29. The van der Waals surface area contributed by atoms with Crippen LogP contribution in [0.5, 0.6) is 0 Å². The van der Waals surface area contributed by atoms with Gasteiger partial charge in [-0.05, 0) is 18.2 Å². The van der Waals surface area contributed by atoms with Crippen LogP contribution in [0.3, 0.4) is 0 Å². The number of benzene rings is 1. The lowest BCUT2D eigenvalue weighted by molar-refractivity contribution is -0.138. The molecule has 0 amide bonds. The summed E-state index contributed by atoms with van der Waals surface area (Å²) in [5.41, 5.74) is 0.988. The predicted molar refractivity (Wildman–Crippen MR) is 62.9 cm³/mol. The number of nitrogens with zero attached hydrogens (tertiary/aromatic N) is 1. The molecule has 0 aliphatic heterocycles. The summed E-state index contributed by atoms with van der Waals surface area (Å²) in [5, 5.41) is 29.6. The number of aliphatic carboxylic acids is 1. The Balaban J connectivity index is 2.56. The van der Waals surface area contributed by atoms with Crippen molar-refractivity contribution in [2.45, 2.75) is 12.5 Å². The van der Waals surface area contributed by atoms with Crippen LogP contribution in [-0.4, -0.2) is 28.8 Å². The molecule has 1 unspecified atom stereocenters. The van der Waals surface area contributed by atoms with Gasteiger partial charge in [-0.25, -0.2) is 0 Å². The van der Waals surface area contributed by atoms with Crippen LogP contribution < -0.4 is 5.32 Å². The van der Waals surface area contributed by atoms with Crippen molar-refractivity contribution in [2.75, 3.05) is 11.9 Å². The summed E-state index contributed by atoms with van der Waals surface area (Å²) >= 11 is 5.81. The average Bonchev–Trinajstić information content (AvgIpc) is 2.25. The normalized spacial score (nSPS) is 11.6. The zero-order valence-corrected chi connectivity index (χ0v) is 9.61. The fraction of sp³-hybridized carbons (Fsp3) is 0.273. The first-order chi connectivity index (χ1) is 8.02. The highest BCUT2D eigenvalue weighted by Crippen LogP contribution is 2.20. The fourth-order valence-corrected chi connectivity index (χ4v) is 1.45. The van der Waals surface area contributed by atoms with Crippen molar-refractivity contribution in [3.05, 3.63) is 28.8 Å². The number of nitrogens with one attached hydrogen (secondary N) is 1. The van der Waals surface area contributed by atoms with Crippen LogP contribution in [0.1, 0.15) is 12.0 Å². The van der Waals surface area contributed by atoms with Gasteiger partial charge in [0.1, 0.15) is 6.07 Å². The van der Waals surface area contributed by atoms with E-state index in [0.717, 1.165) is 0 Å². The third-order valence-electron chi connectivity index (χ3n) is 2.04. The van der Waals surface area contributed by atoms with Gasteiger partial charge in [-0.2, -0.15) is 5.26 Å². The Morgan fingerprint density at radius 2 is 2.29 bits per heavy atom. The first-order valence-corrected chi connectivity index (χ1v) is 5.24. The SMILES string of the molecule is N#Cc1ccc(NCC(O)CC(=O)O)cc1Cl. The van der Waals surface area contributed by atoms with E-state index in [1.807, 2.05) is 6.07 Å². The average molecular weight is 255 g/mol. The molecule has 0 aliphatic rings. The molecule has 3 N–H and O–H groups in total. The molecule has 0 fully saturated rings. The zero-order valence-electron chi connectivity index (χ0n) is 8.85. The van der Waals surface area contributed by atoms with Crippen LogP contribution in [0.25, 0.3) is 0 Å². The van der Waals surface area contributed by atoms with Crippen LogP contribution in [0, 0.1) is 11.3 Å². The van der Waals surface area contributed by atoms with Gasteiger partial charge in [0.25, 0.3) is 0 Å². The lowest BCUT2D eigenvalue weighted by Crippen LogP contribution is -2.22. The first kappa shape index (κ1) is 13.3. The molecule has 0 aromatic heterocycles.